The molecule has 2 N–H and O–H groups in total. The predicted octanol–water partition coefficient (Wildman–Crippen LogP) is 2.27. The van der Waals surface area contributed by atoms with Crippen LogP contribution in [0, 0.1) is 0 Å². The summed E-state index contributed by atoms with van der Waals surface area (Å²) >= 11 is 0. The smallest absolute Gasteiger partial charge is 0.343 e. The highest BCUT2D eigenvalue weighted by molar-refractivity contribution is 5.87. The Kier molecular flexibility index (Phi) is 4.16. The Morgan fingerprint density at radius 3 is 2.71 bits per heavy atom. The number of hydrogen-bond acceptors (Lipinski definition) is 5. The number of nitrogens with one attached hydrogen (secondary N) is 2. The van der Waals surface area contributed by atoms with E-state index in [2.05, 4.69) is 30.0 Å². The molecule has 1 aliphatic heterocycles. The van der Waals surface area contributed by atoms with Crippen molar-refractivity contribution in [3.05, 3.63) is 70.8 Å². The van der Waals surface area contributed by atoms with Gasteiger partial charge in [0.1, 0.15) is 23.6 Å². The molecule has 1 fully saturated rings. The van der Waals surface area contributed by atoms with E-state index >= 15 is 0 Å². The molecule has 0 spiro atoms. The fraction of sp³-hybridized carbons (Fsp3) is 0.300. The van der Waals surface area contributed by atoms with E-state index in [0.717, 1.165) is 54.2 Å². The molecule has 1 saturated heterocycles. The molecule has 0 bridgehead atoms. The van der Waals surface area contributed by atoms with E-state index < -0.39 is 0 Å². The Morgan fingerprint density at radius 2 is 1.89 bits per heavy atom. The van der Waals surface area contributed by atoms with E-state index in [9.17, 15) is 4.79 Å². The van der Waals surface area contributed by atoms with E-state index in [1.165, 1.54) is 0 Å². The minimum Gasteiger partial charge on any atom is -0.356 e. The fourth-order valence-corrected chi connectivity index (χ4v) is 4.02. The van der Waals surface area contributed by atoms with E-state index in [-0.39, 0.29) is 11.6 Å². The van der Waals surface area contributed by atoms with Crippen LogP contribution in [-0.4, -0.2) is 42.8 Å². The third-order valence-electron chi connectivity index (χ3n) is 5.46. The standard InChI is InChI=1S/C20H21N7O/c28-20-25-24-18(27(20)12-14-4-2-1-3-5-14)15-7-10-26(11-8-15)19-16-6-9-21-17(16)22-13-23-19/h1-6,9,13,15H,7-8,10-12H2,(H,25,28)(H,21,22,23). The predicted molar refractivity (Wildman–Crippen MR) is 106 cm³/mol. The number of fused-ring (bicyclic) bond motifs is 1. The molecule has 4 heterocycles. The number of piperidine rings is 1. The highest BCUT2D eigenvalue weighted by Gasteiger charge is 2.27. The van der Waals surface area contributed by atoms with Gasteiger partial charge in [0.05, 0.1) is 11.9 Å². The van der Waals surface area contributed by atoms with Gasteiger partial charge in [-0.2, -0.15) is 5.10 Å². The van der Waals surface area contributed by atoms with Crippen LogP contribution in [0.25, 0.3) is 11.0 Å². The van der Waals surface area contributed by atoms with Gasteiger partial charge in [0.15, 0.2) is 0 Å². The molecular weight excluding hydrogens is 354 g/mol. The highest BCUT2D eigenvalue weighted by Crippen LogP contribution is 2.31. The molecule has 28 heavy (non-hydrogen) atoms. The quantitative estimate of drug-likeness (QED) is 0.570. The van der Waals surface area contributed by atoms with Crippen molar-refractivity contribution in [2.24, 2.45) is 0 Å². The van der Waals surface area contributed by atoms with Crippen LogP contribution in [0.2, 0.25) is 0 Å². The second-order valence-corrected chi connectivity index (χ2v) is 7.16. The van der Waals surface area contributed by atoms with Gasteiger partial charge < -0.3 is 9.88 Å². The molecule has 8 nitrogen and oxygen atoms in total. The minimum absolute atomic E-state index is 0.147. The van der Waals surface area contributed by atoms with E-state index in [1.807, 2.05) is 42.6 Å². The first-order chi connectivity index (χ1) is 13.8. The Balaban J connectivity index is 1.35. The van der Waals surface area contributed by atoms with Crippen LogP contribution >= 0.6 is 0 Å². The molecule has 142 valence electrons. The molecule has 0 atom stereocenters. The van der Waals surface area contributed by atoms with Crippen LogP contribution in [0.3, 0.4) is 0 Å². The zero-order valence-electron chi connectivity index (χ0n) is 15.4. The largest absolute Gasteiger partial charge is 0.356 e. The van der Waals surface area contributed by atoms with Crippen LogP contribution in [0.5, 0.6) is 0 Å². The lowest BCUT2D eigenvalue weighted by molar-refractivity contribution is 0.466. The third-order valence-corrected chi connectivity index (χ3v) is 5.46. The van der Waals surface area contributed by atoms with Crippen LogP contribution < -0.4 is 10.6 Å². The molecule has 0 saturated carbocycles. The van der Waals surface area contributed by atoms with E-state index in [0.29, 0.717) is 6.54 Å². The number of nitrogens with zero attached hydrogens (tertiary/aromatic N) is 5. The first kappa shape index (κ1) is 16.7. The summed E-state index contributed by atoms with van der Waals surface area (Å²) in [5.41, 5.74) is 1.81. The summed E-state index contributed by atoms with van der Waals surface area (Å²) in [6.07, 6.45) is 5.34. The molecule has 0 amide bonds. The second-order valence-electron chi connectivity index (χ2n) is 7.16. The summed E-state index contributed by atoms with van der Waals surface area (Å²) in [6, 6.07) is 12.0. The van der Waals surface area contributed by atoms with Crippen molar-refractivity contribution in [2.75, 3.05) is 18.0 Å². The number of aromatic nitrogens is 6. The lowest BCUT2D eigenvalue weighted by atomic mass is 9.95. The Morgan fingerprint density at radius 1 is 1.07 bits per heavy atom. The molecule has 0 radical (unpaired) electrons. The van der Waals surface area contributed by atoms with Gasteiger partial charge in [-0.15, -0.1) is 0 Å². The molecular formula is C20H21N7O. The van der Waals surface area contributed by atoms with Crippen molar-refractivity contribution in [1.82, 2.24) is 29.7 Å². The number of aromatic amines is 2. The SMILES string of the molecule is O=c1[nH]nc(C2CCN(c3ncnc4[nH]ccc34)CC2)n1Cc1ccccc1. The normalized spacial score (nSPS) is 15.4. The van der Waals surface area contributed by atoms with Gasteiger partial charge >= 0.3 is 5.69 Å². The monoisotopic (exact) mass is 375 g/mol. The Labute approximate surface area is 161 Å². The van der Waals surface area contributed by atoms with Gasteiger partial charge in [0, 0.05) is 25.2 Å². The molecule has 0 unspecified atom stereocenters. The first-order valence-corrected chi connectivity index (χ1v) is 9.51. The summed E-state index contributed by atoms with van der Waals surface area (Å²) in [4.78, 5) is 26.5. The first-order valence-electron chi connectivity index (χ1n) is 9.51. The molecule has 1 aromatic carbocycles. The number of rotatable bonds is 4. The summed E-state index contributed by atoms with van der Waals surface area (Å²) in [7, 11) is 0. The zero-order valence-corrected chi connectivity index (χ0v) is 15.4. The van der Waals surface area contributed by atoms with Gasteiger partial charge in [-0.25, -0.2) is 19.9 Å². The average Bonchev–Trinajstić information content (AvgIpc) is 3.36. The highest BCUT2D eigenvalue weighted by atomic mass is 16.1. The van der Waals surface area contributed by atoms with Crippen molar-refractivity contribution in [2.45, 2.75) is 25.3 Å². The van der Waals surface area contributed by atoms with Gasteiger partial charge in [-0.1, -0.05) is 30.3 Å². The maximum Gasteiger partial charge on any atom is 0.343 e. The maximum atomic E-state index is 12.3. The van der Waals surface area contributed by atoms with Crippen molar-refractivity contribution in [3.8, 4) is 0 Å². The Bertz CT molecular complexity index is 1140. The molecule has 0 aliphatic carbocycles. The number of H-pyrrole nitrogens is 2. The molecule has 3 aromatic heterocycles. The summed E-state index contributed by atoms with van der Waals surface area (Å²) in [6.45, 7) is 2.28. The van der Waals surface area contributed by atoms with Crippen LogP contribution in [0.1, 0.15) is 30.1 Å². The van der Waals surface area contributed by atoms with Crippen molar-refractivity contribution >= 4 is 16.9 Å². The van der Waals surface area contributed by atoms with E-state index in [4.69, 9.17) is 0 Å². The second kappa shape index (κ2) is 6.95. The van der Waals surface area contributed by atoms with Crippen molar-refractivity contribution in [3.63, 3.8) is 0 Å². The van der Waals surface area contributed by atoms with Gasteiger partial charge in [-0.3, -0.25) is 4.57 Å². The molecule has 4 aromatic rings. The van der Waals surface area contributed by atoms with Gasteiger partial charge in [-0.05, 0) is 24.5 Å². The topological polar surface area (TPSA) is 95.5 Å². The number of hydrogen-bond donors (Lipinski definition) is 2. The molecule has 1 aliphatic rings. The molecule has 5 rings (SSSR count). The van der Waals surface area contributed by atoms with Crippen LogP contribution in [-0.2, 0) is 6.54 Å². The third kappa shape index (κ3) is 2.96. The zero-order chi connectivity index (χ0) is 18.9. The van der Waals surface area contributed by atoms with Gasteiger partial charge in [0.2, 0.25) is 0 Å². The molecule has 8 heteroatoms. The fourth-order valence-electron chi connectivity index (χ4n) is 4.02. The maximum absolute atomic E-state index is 12.3. The van der Waals surface area contributed by atoms with Crippen LogP contribution in [0.15, 0.2) is 53.7 Å². The number of anilines is 1. The summed E-state index contributed by atoms with van der Waals surface area (Å²) < 4.78 is 1.77. The van der Waals surface area contributed by atoms with Crippen molar-refractivity contribution < 1.29 is 0 Å². The number of benzene rings is 1. The van der Waals surface area contributed by atoms with E-state index in [1.54, 1.807) is 10.9 Å². The summed E-state index contributed by atoms with van der Waals surface area (Å²) in [5, 5.41) is 8.03. The minimum atomic E-state index is -0.147. The van der Waals surface area contributed by atoms with Gasteiger partial charge in [0.25, 0.3) is 0 Å². The average molecular weight is 375 g/mol. The van der Waals surface area contributed by atoms with Crippen LogP contribution in [0.4, 0.5) is 5.82 Å². The Hall–Kier alpha value is -3.42. The summed E-state index contributed by atoms with van der Waals surface area (Å²) in [5.74, 6) is 2.07. The lowest BCUT2D eigenvalue weighted by Gasteiger charge is -2.32. The van der Waals surface area contributed by atoms with Crippen molar-refractivity contribution in [1.29, 1.82) is 0 Å². The lowest BCUT2D eigenvalue weighted by Crippen LogP contribution is -2.35.